The number of likely N-dealkylation sites (N-methyl/N-ethyl adjacent to an activating group) is 1. The van der Waals surface area contributed by atoms with Crippen molar-refractivity contribution in [3.05, 3.63) is 36.2 Å². The second-order valence-electron chi connectivity index (χ2n) is 5.90. The van der Waals surface area contributed by atoms with Crippen molar-refractivity contribution in [3.63, 3.8) is 0 Å². The van der Waals surface area contributed by atoms with Crippen LogP contribution in [0.25, 0.3) is 0 Å². The Kier molecular flexibility index (Phi) is 8.23. The molecule has 0 aliphatic carbocycles. The first kappa shape index (κ1) is 21.1. The summed E-state index contributed by atoms with van der Waals surface area (Å²) in [4.78, 5) is 39.1. The second kappa shape index (κ2) is 10.1. The van der Waals surface area contributed by atoms with E-state index in [1.165, 1.54) is 0 Å². The molecule has 0 saturated carbocycles. The fourth-order valence-electron chi connectivity index (χ4n) is 2.16. The second-order valence-corrected chi connectivity index (χ2v) is 5.90. The third kappa shape index (κ3) is 7.31. The Morgan fingerprint density at radius 2 is 1.96 bits per heavy atom. The van der Waals surface area contributed by atoms with Crippen LogP contribution in [0.4, 0.5) is 0 Å². The van der Waals surface area contributed by atoms with Crippen molar-refractivity contribution in [3.8, 4) is 5.75 Å². The Morgan fingerprint density at radius 1 is 1.35 bits per heavy atom. The first-order chi connectivity index (χ1) is 12.2. The molecule has 9 heteroatoms. The molecule has 1 aliphatic heterocycles. The summed E-state index contributed by atoms with van der Waals surface area (Å²) in [5, 5.41) is 15.6. The summed E-state index contributed by atoms with van der Waals surface area (Å²) in [6.07, 6.45) is 5.26. The first-order valence-corrected chi connectivity index (χ1v) is 7.85. The number of amides is 1. The van der Waals surface area contributed by atoms with Crippen LogP contribution >= 0.6 is 0 Å². The van der Waals surface area contributed by atoms with Crippen LogP contribution in [0.5, 0.6) is 5.75 Å². The van der Waals surface area contributed by atoms with Gasteiger partial charge in [0, 0.05) is 31.9 Å². The van der Waals surface area contributed by atoms with Gasteiger partial charge in [-0.1, -0.05) is 0 Å². The van der Waals surface area contributed by atoms with Crippen LogP contribution < -0.4 is 4.74 Å². The summed E-state index contributed by atoms with van der Waals surface area (Å²) < 4.78 is 5.90. The van der Waals surface area contributed by atoms with Gasteiger partial charge in [0.1, 0.15) is 6.10 Å². The molecular formula is C17H23N3O6. The van der Waals surface area contributed by atoms with Crippen molar-refractivity contribution < 1.29 is 29.3 Å². The first-order valence-electron chi connectivity index (χ1n) is 7.85. The van der Waals surface area contributed by atoms with Crippen molar-refractivity contribution in [2.24, 2.45) is 0 Å². The molecule has 1 amide bonds. The molecule has 142 valence electrons. The highest BCUT2D eigenvalue weighted by Crippen LogP contribution is 2.24. The lowest BCUT2D eigenvalue weighted by molar-refractivity contribution is -0.134. The topological polar surface area (TPSA) is 120 Å². The van der Waals surface area contributed by atoms with E-state index in [1.807, 2.05) is 21.1 Å². The van der Waals surface area contributed by atoms with Crippen LogP contribution in [0.1, 0.15) is 16.8 Å². The molecule has 1 unspecified atom stereocenters. The predicted molar refractivity (Wildman–Crippen MR) is 93.2 cm³/mol. The zero-order chi connectivity index (χ0) is 19.7. The number of fused-ring (bicyclic) bond motifs is 1. The lowest BCUT2D eigenvalue weighted by Gasteiger charge is -2.21. The van der Waals surface area contributed by atoms with Crippen molar-refractivity contribution in [2.75, 3.05) is 34.2 Å². The fraction of sp³-hybridized carbons (Fsp3) is 0.412. The third-order valence-corrected chi connectivity index (χ3v) is 3.40. The summed E-state index contributed by atoms with van der Waals surface area (Å²) in [6.45, 7) is 1.55. The van der Waals surface area contributed by atoms with Gasteiger partial charge in [-0.25, -0.2) is 9.59 Å². The normalized spacial score (nSPS) is 16.4. The Hall–Kier alpha value is -2.94. The van der Waals surface area contributed by atoms with Gasteiger partial charge >= 0.3 is 11.9 Å². The average Bonchev–Trinajstić information content (AvgIpc) is 2.69. The highest BCUT2D eigenvalue weighted by atomic mass is 16.5. The van der Waals surface area contributed by atoms with Crippen LogP contribution in [-0.2, 0) is 9.59 Å². The predicted octanol–water partition coefficient (Wildman–Crippen LogP) is 0.578. The van der Waals surface area contributed by atoms with Crippen LogP contribution in [0, 0.1) is 0 Å². The van der Waals surface area contributed by atoms with E-state index in [1.54, 1.807) is 23.4 Å². The van der Waals surface area contributed by atoms with Gasteiger partial charge in [0.25, 0.3) is 5.91 Å². The summed E-state index contributed by atoms with van der Waals surface area (Å²) in [6, 6.07) is 1.71. The molecule has 0 fully saturated rings. The number of hydrogen-bond donors (Lipinski definition) is 2. The minimum absolute atomic E-state index is 0.000229. The zero-order valence-electron chi connectivity index (χ0n) is 15.0. The maximum Gasteiger partial charge on any atom is 0.328 e. The molecule has 0 bridgehead atoms. The van der Waals surface area contributed by atoms with E-state index in [0.717, 1.165) is 13.0 Å². The van der Waals surface area contributed by atoms with E-state index in [0.29, 0.717) is 30.0 Å². The van der Waals surface area contributed by atoms with Gasteiger partial charge in [-0.2, -0.15) is 0 Å². The minimum atomic E-state index is -1.26. The smallest absolute Gasteiger partial charge is 0.328 e. The molecule has 1 aromatic rings. The summed E-state index contributed by atoms with van der Waals surface area (Å²) in [7, 11) is 5.87. The van der Waals surface area contributed by atoms with Gasteiger partial charge < -0.3 is 24.7 Å². The third-order valence-electron chi connectivity index (χ3n) is 3.40. The highest BCUT2D eigenvalue weighted by molar-refractivity contribution is 5.96. The average molecular weight is 365 g/mol. The Bertz CT molecular complexity index is 658. The quantitative estimate of drug-likeness (QED) is 0.727. The number of carbonyl (C=O) groups is 3. The van der Waals surface area contributed by atoms with Crippen LogP contribution in [-0.4, -0.2) is 83.2 Å². The molecule has 2 N–H and O–H groups in total. The molecule has 1 atom stereocenters. The number of nitrogens with zero attached hydrogens (tertiary/aromatic N) is 3. The fourth-order valence-corrected chi connectivity index (χ4v) is 2.16. The summed E-state index contributed by atoms with van der Waals surface area (Å²) in [5.74, 6) is -1.92. The maximum atomic E-state index is 12.1. The SMILES string of the molecule is CN(C)CCC1CN(C)C(=O)c2ccncc2O1.O=C(O)/C=C/C(=O)O. The van der Waals surface area contributed by atoms with Gasteiger partial charge in [-0.3, -0.25) is 9.78 Å². The minimum Gasteiger partial charge on any atom is -0.486 e. The van der Waals surface area contributed by atoms with E-state index in [-0.39, 0.29) is 12.0 Å². The number of rotatable bonds is 5. The van der Waals surface area contributed by atoms with Gasteiger partial charge in [-0.15, -0.1) is 0 Å². The number of aliphatic carboxylic acids is 2. The van der Waals surface area contributed by atoms with Crippen LogP contribution in [0.2, 0.25) is 0 Å². The van der Waals surface area contributed by atoms with Gasteiger partial charge in [0.2, 0.25) is 0 Å². The lowest BCUT2D eigenvalue weighted by Crippen LogP contribution is -2.35. The lowest BCUT2D eigenvalue weighted by atomic mass is 10.2. The van der Waals surface area contributed by atoms with Gasteiger partial charge in [0.15, 0.2) is 5.75 Å². The van der Waals surface area contributed by atoms with Gasteiger partial charge in [-0.05, 0) is 26.6 Å². The van der Waals surface area contributed by atoms with E-state index in [2.05, 4.69) is 9.88 Å². The van der Waals surface area contributed by atoms with E-state index >= 15 is 0 Å². The summed E-state index contributed by atoms with van der Waals surface area (Å²) >= 11 is 0. The van der Waals surface area contributed by atoms with Gasteiger partial charge in [0.05, 0.1) is 18.3 Å². The largest absolute Gasteiger partial charge is 0.486 e. The molecule has 0 aromatic carbocycles. The van der Waals surface area contributed by atoms with E-state index < -0.39 is 11.9 Å². The number of ether oxygens (including phenoxy) is 1. The number of carboxylic acid groups (broad SMARTS) is 2. The monoisotopic (exact) mass is 365 g/mol. The zero-order valence-corrected chi connectivity index (χ0v) is 15.0. The summed E-state index contributed by atoms with van der Waals surface area (Å²) in [5.41, 5.74) is 0.597. The maximum absolute atomic E-state index is 12.1. The van der Waals surface area contributed by atoms with E-state index in [9.17, 15) is 14.4 Å². The van der Waals surface area contributed by atoms with Crippen molar-refractivity contribution in [2.45, 2.75) is 12.5 Å². The number of carboxylic acids is 2. The molecule has 26 heavy (non-hydrogen) atoms. The number of pyridine rings is 1. The van der Waals surface area contributed by atoms with E-state index in [4.69, 9.17) is 14.9 Å². The Balaban J connectivity index is 0.000000359. The molecule has 1 aromatic heterocycles. The molecular weight excluding hydrogens is 342 g/mol. The molecule has 2 heterocycles. The number of aromatic nitrogens is 1. The molecule has 1 aliphatic rings. The highest BCUT2D eigenvalue weighted by Gasteiger charge is 2.26. The molecule has 0 saturated heterocycles. The number of hydrogen-bond acceptors (Lipinski definition) is 6. The number of carbonyl (C=O) groups excluding carboxylic acids is 1. The Labute approximate surface area is 151 Å². The van der Waals surface area contributed by atoms with Crippen LogP contribution in [0.3, 0.4) is 0 Å². The molecule has 0 spiro atoms. The van der Waals surface area contributed by atoms with Crippen LogP contribution in [0.15, 0.2) is 30.6 Å². The molecule has 2 rings (SSSR count). The van der Waals surface area contributed by atoms with Crippen molar-refractivity contribution in [1.82, 2.24) is 14.8 Å². The molecule has 0 radical (unpaired) electrons. The standard InChI is InChI=1S/C13H19N3O2.C4H4O4/c1-15(2)7-5-10-9-16(3)13(17)11-4-6-14-8-12(11)18-10;5-3(6)1-2-4(7)8/h4,6,8,10H,5,7,9H2,1-3H3;1-2H,(H,5,6)(H,7,8)/b;2-1+. The Morgan fingerprint density at radius 3 is 2.50 bits per heavy atom. The van der Waals surface area contributed by atoms with Crippen molar-refractivity contribution in [1.29, 1.82) is 0 Å². The molecule has 9 nitrogen and oxygen atoms in total. The van der Waals surface area contributed by atoms with Crippen molar-refractivity contribution >= 4 is 17.8 Å².